The molecule has 0 fully saturated rings. The fourth-order valence-corrected chi connectivity index (χ4v) is 2.12. The standard InChI is InChI=1S/C12H21N3/c1-6-7-11(2,3)10-12(4,5)8-9-14-15-13/h1H,7-10H2,2-5H3. The molecule has 0 aliphatic carbocycles. The molecule has 84 valence electrons. The highest BCUT2D eigenvalue weighted by Crippen LogP contribution is 2.37. The summed E-state index contributed by atoms with van der Waals surface area (Å²) in [6, 6.07) is 0. The van der Waals surface area contributed by atoms with Gasteiger partial charge in [0.1, 0.15) is 0 Å². The molecule has 0 bridgehead atoms. The van der Waals surface area contributed by atoms with Crippen LogP contribution in [0.3, 0.4) is 0 Å². The van der Waals surface area contributed by atoms with Gasteiger partial charge in [0.05, 0.1) is 0 Å². The Balaban J connectivity index is 4.23. The molecule has 0 saturated heterocycles. The van der Waals surface area contributed by atoms with E-state index in [4.69, 9.17) is 12.0 Å². The maximum absolute atomic E-state index is 8.21. The molecule has 0 aliphatic rings. The van der Waals surface area contributed by atoms with E-state index in [1.54, 1.807) is 0 Å². The number of hydrogen-bond donors (Lipinski definition) is 0. The second kappa shape index (κ2) is 5.68. The molecule has 0 spiro atoms. The maximum Gasteiger partial charge on any atom is 0.0263 e. The molecule has 0 heterocycles. The number of azide groups is 1. The minimum Gasteiger partial charge on any atom is -0.120 e. The number of rotatable bonds is 6. The van der Waals surface area contributed by atoms with Crippen molar-refractivity contribution in [2.45, 2.75) is 47.0 Å². The Morgan fingerprint density at radius 3 is 2.33 bits per heavy atom. The van der Waals surface area contributed by atoms with Crippen LogP contribution in [-0.2, 0) is 0 Å². The molecule has 3 nitrogen and oxygen atoms in total. The minimum absolute atomic E-state index is 0.161. The second-order valence-corrected chi connectivity index (χ2v) is 5.59. The number of terminal acetylenes is 1. The first kappa shape index (κ1) is 13.9. The molecule has 0 aromatic rings. The summed E-state index contributed by atoms with van der Waals surface area (Å²) < 4.78 is 0. The average molecular weight is 207 g/mol. The first-order valence-corrected chi connectivity index (χ1v) is 5.27. The van der Waals surface area contributed by atoms with Gasteiger partial charge in [0.25, 0.3) is 0 Å². The van der Waals surface area contributed by atoms with E-state index in [2.05, 4.69) is 43.6 Å². The van der Waals surface area contributed by atoms with Gasteiger partial charge in [-0.1, -0.05) is 32.8 Å². The van der Waals surface area contributed by atoms with E-state index in [0.717, 1.165) is 19.3 Å². The van der Waals surface area contributed by atoms with Crippen molar-refractivity contribution in [2.24, 2.45) is 15.9 Å². The van der Waals surface area contributed by atoms with E-state index in [1.807, 2.05) is 0 Å². The normalized spacial score (nSPS) is 11.7. The quantitative estimate of drug-likeness (QED) is 0.272. The highest BCUT2D eigenvalue weighted by Gasteiger charge is 2.27. The van der Waals surface area contributed by atoms with Crippen molar-refractivity contribution in [1.82, 2.24) is 0 Å². The molecule has 15 heavy (non-hydrogen) atoms. The van der Waals surface area contributed by atoms with Crippen molar-refractivity contribution in [3.8, 4) is 12.3 Å². The van der Waals surface area contributed by atoms with E-state index < -0.39 is 0 Å². The first-order valence-electron chi connectivity index (χ1n) is 5.27. The van der Waals surface area contributed by atoms with Gasteiger partial charge in [-0.25, -0.2) is 0 Å². The van der Waals surface area contributed by atoms with Crippen LogP contribution in [0, 0.1) is 23.2 Å². The summed E-state index contributed by atoms with van der Waals surface area (Å²) in [6.07, 6.45) is 8.08. The Morgan fingerprint density at radius 2 is 1.87 bits per heavy atom. The van der Waals surface area contributed by atoms with Crippen molar-refractivity contribution in [3.63, 3.8) is 0 Å². The Labute approximate surface area is 92.9 Å². The lowest BCUT2D eigenvalue weighted by Gasteiger charge is -2.33. The lowest BCUT2D eigenvalue weighted by molar-refractivity contribution is 0.189. The van der Waals surface area contributed by atoms with Gasteiger partial charge in [0, 0.05) is 17.9 Å². The first-order chi connectivity index (χ1) is 6.83. The number of hydrogen-bond acceptors (Lipinski definition) is 1. The van der Waals surface area contributed by atoms with Crippen molar-refractivity contribution in [1.29, 1.82) is 0 Å². The Morgan fingerprint density at radius 1 is 1.27 bits per heavy atom. The fourth-order valence-electron chi connectivity index (χ4n) is 2.12. The molecule has 0 saturated carbocycles. The largest absolute Gasteiger partial charge is 0.120 e. The van der Waals surface area contributed by atoms with Crippen molar-refractivity contribution >= 4 is 0 Å². The average Bonchev–Trinajstić information content (AvgIpc) is 2.01. The van der Waals surface area contributed by atoms with Gasteiger partial charge in [0.2, 0.25) is 0 Å². The zero-order chi connectivity index (χ0) is 11.9. The summed E-state index contributed by atoms with van der Waals surface area (Å²) in [5, 5.41) is 3.57. The molecule has 3 heteroatoms. The predicted octanol–water partition coefficient (Wildman–Crippen LogP) is 4.15. The smallest absolute Gasteiger partial charge is 0.0263 e. The van der Waals surface area contributed by atoms with E-state index in [-0.39, 0.29) is 10.8 Å². The van der Waals surface area contributed by atoms with Gasteiger partial charge >= 0.3 is 0 Å². The van der Waals surface area contributed by atoms with Crippen LogP contribution in [0.1, 0.15) is 47.0 Å². The Kier molecular flexibility index (Phi) is 5.25. The molecular formula is C12H21N3. The molecule has 0 aliphatic heterocycles. The lowest BCUT2D eigenvalue weighted by atomic mass is 9.72. The van der Waals surface area contributed by atoms with Crippen LogP contribution < -0.4 is 0 Å². The third-order valence-electron chi connectivity index (χ3n) is 2.49. The van der Waals surface area contributed by atoms with Crippen LogP contribution in [-0.4, -0.2) is 6.54 Å². The third kappa shape index (κ3) is 6.88. The van der Waals surface area contributed by atoms with E-state index in [0.29, 0.717) is 6.54 Å². The lowest BCUT2D eigenvalue weighted by Crippen LogP contribution is -2.23. The molecule has 0 atom stereocenters. The fraction of sp³-hybridized carbons (Fsp3) is 0.833. The van der Waals surface area contributed by atoms with Crippen molar-refractivity contribution in [2.75, 3.05) is 6.54 Å². The van der Waals surface area contributed by atoms with Crippen molar-refractivity contribution < 1.29 is 0 Å². The topological polar surface area (TPSA) is 48.8 Å². The molecule has 0 N–H and O–H groups in total. The van der Waals surface area contributed by atoms with E-state index in [9.17, 15) is 0 Å². The molecule has 0 rings (SSSR count). The van der Waals surface area contributed by atoms with Crippen LogP contribution in [0.15, 0.2) is 5.11 Å². The minimum atomic E-state index is 0.161. The summed E-state index contributed by atoms with van der Waals surface area (Å²) in [5.74, 6) is 2.72. The predicted molar refractivity (Wildman–Crippen MR) is 64.3 cm³/mol. The van der Waals surface area contributed by atoms with Gasteiger partial charge in [-0.15, -0.1) is 12.3 Å². The van der Waals surface area contributed by atoms with Gasteiger partial charge < -0.3 is 0 Å². The summed E-state index contributed by atoms with van der Waals surface area (Å²) in [7, 11) is 0. The number of nitrogens with zero attached hydrogens (tertiary/aromatic N) is 3. The highest BCUT2D eigenvalue weighted by atomic mass is 15.1. The van der Waals surface area contributed by atoms with E-state index >= 15 is 0 Å². The second-order valence-electron chi connectivity index (χ2n) is 5.59. The van der Waals surface area contributed by atoms with Gasteiger partial charge in [-0.05, 0) is 29.2 Å². The van der Waals surface area contributed by atoms with Crippen molar-refractivity contribution in [3.05, 3.63) is 10.4 Å². The van der Waals surface area contributed by atoms with Crippen LogP contribution >= 0.6 is 0 Å². The summed E-state index contributed by atoms with van der Waals surface area (Å²) >= 11 is 0. The molecule has 0 radical (unpaired) electrons. The van der Waals surface area contributed by atoms with Crippen LogP contribution in [0.4, 0.5) is 0 Å². The van der Waals surface area contributed by atoms with Crippen LogP contribution in [0.2, 0.25) is 0 Å². The monoisotopic (exact) mass is 207 g/mol. The highest BCUT2D eigenvalue weighted by molar-refractivity contribution is 4.93. The van der Waals surface area contributed by atoms with Crippen LogP contribution in [0.25, 0.3) is 10.4 Å². The molecular weight excluding hydrogens is 186 g/mol. The molecule has 0 unspecified atom stereocenters. The zero-order valence-electron chi connectivity index (χ0n) is 10.2. The zero-order valence-corrected chi connectivity index (χ0v) is 10.2. The molecule has 0 aromatic heterocycles. The molecule has 0 aromatic carbocycles. The van der Waals surface area contributed by atoms with Crippen LogP contribution in [0.5, 0.6) is 0 Å². The Hall–Kier alpha value is -1.13. The maximum atomic E-state index is 8.21. The third-order valence-corrected chi connectivity index (χ3v) is 2.49. The SMILES string of the molecule is C#CCC(C)(C)CC(C)(C)CCN=[N+]=[N-]. The van der Waals surface area contributed by atoms with E-state index in [1.165, 1.54) is 0 Å². The Bertz CT molecular complexity index is 278. The van der Waals surface area contributed by atoms with Gasteiger partial charge in [0.15, 0.2) is 0 Å². The van der Waals surface area contributed by atoms with Gasteiger partial charge in [-0.3, -0.25) is 0 Å². The summed E-state index contributed by atoms with van der Waals surface area (Å²) in [6.45, 7) is 9.32. The van der Waals surface area contributed by atoms with Gasteiger partial charge in [-0.2, -0.15) is 0 Å². The summed E-state index contributed by atoms with van der Waals surface area (Å²) in [5.41, 5.74) is 8.55. The summed E-state index contributed by atoms with van der Waals surface area (Å²) in [4.78, 5) is 2.76. The molecule has 0 amide bonds.